The van der Waals surface area contributed by atoms with Crippen LogP contribution in [0.25, 0.3) is 0 Å². The summed E-state index contributed by atoms with van der Waals surface area (Å²) in [4.78, 5) is 13.7. The number of halogens is 6. The normalized spacial score (nSPS) is 11.8. The molecule has 3 nitrogen and oxygen atoms in total. The fourth-order valence-electron chi connectivity index (χ4n) is 1.43. The molecule has 0 saturated heterocycles. The molecule has 0 unspecified atom stereocenters. The molecule has 0 aliphatic rings. The number of ether oxygens (including phenoxy) is 1. The van der Waals surface area contributed by atoms with Gasteiger partial charge in [-0.1, -0.05) is 0 Å². The largest absolute Gasteiger partial charge is 0.469 e. The summed E-state index contributed by atoms with van der Waals surface area (Å²) in [5.74, 6) is -3.10. The van der Waals surface area contributed by atoms with Crippen molar-refractivity contribution in [3.05, 3.63) is 28.8 Å². The molecule has 0 radical (unpaired) electrons. The number of hydrogen-bond donors (Lipinski definition) is 0. The van der Waals surface area contributed by atoms with Gasteiger partial charge in [-0.05, 0) is 5.56 Å². The summed E-state index contributed by atoms with van der Waals surface area (Å²) in [5, 5.41) is 0. The highest BCUT2D eigenvalue weighted by molar-refractivity contribution is 5.73. The van der Waals surface area contributed by atoms with E-state index >= 15 is 0 Å². The summed E-state index contributed by atoms with van der Waals surface area (Å²) < 4.78 is 80.2. The molecule has 0 spiro atoms. The van der Waals surface area contributed by atoms with Gasteiger partial charge in [0.2, 0.25) is 5.95 Å². The molecule has 0 aromatic carbocycles. The molecule has 0 aliphatic heterocycles. The number of carbonyl (C=O) groups excluding carboxylic acids is 1. The van der Waals surface area contributed by atoms with Gasteiger partial charge in [-0.25, -0.2) is 13.8 Å². The standard InChI is InChI=1S/C10H7F6NO2/c1-19-5(18)2-4-3-17-9(13)7(10(14,15)16)6(4)8(11)12/h3,8H,2H2,1H3. The van der Waals surface area contributed by atoms with Gasteiger partial charge >= 0.3 is 12.1 Å². The minimum atomic E-state index is -5.34. The minimum absolute atomic E-state index is 0.461. The molecule has 0 bridgehead atoms. The number of methoxy groups -OCH3 is 1. The summed E-state index contributed by atoms with van der Waals surface area (Å²) >= 11 is 0. The van der Waals surface area contributed by atoms with Crippen LogP contribution < -0.4 is 0 Å². The Balaban J connectivity index is 3.46. The highest BCUT2D eigenvalue weighted by atomic mass is 19.4. The third-order valence-corrected chi connectivity index (χ3v) is 2.22. The van der Waals surface area contributed by atoms with Crippen molar-refractivity contribution in [1.82, 2.24) is 4.98 Å². The number of hydrogen-bond acceptors (Lipinski definition) is 3. The smallest absolute Gasteiger partial charge is 0.421 e. The van der Waals surface area contributed by atoms with Crippen molar-refractivity contribution in [2.45, 2.75) is 19.0 Å². The number of rotatable bonds is 3. The molecule has 0 N–H and O–H groups in total. The van der Waals surface area contributed by atoms with Crippen LogP contribution in [0.4, 0.5) is 26.3 Å². The van der Waals surface area contributed by atoms with Gasteiger partial charge in [0, 0.05) is 11.8 Å². The van der Waals surface area contributed by atoms with E-state index in [1.807, 2.05) is 0 Å². The third kappa shape index (κ3) is 3.36. The SMILES string of the molecule is COC(=O)Cc1cnc(F)c(C(F)(F)F)c1C(F)F. The van der Waals surface area contributed by atoms with E-state index in [9.17, 15) is 31.1 Å². The zero-order valence-electron chi connectivity index (χ0n) is 9.39. The Morgan fingerprint density at radius 3 is 2.42 bits per heavy atom. The van der Waals surface area contributed by atoms with Gasteiger partial charge in [0.1, 0.15) is 5.56 Å². The van der Waals surface area contributed by atoms with Gasteiger partial charge < -0.3 is 4.74 Å². The van der Waals surface area contributed by atoms with Crippen LogP contribution in [0.15, 0.2) is 6.20 Å². The Morgan fingerprint density at radius 2 is 2.00 bits per heavy atom. The van der Waals surface area contributed by atoms with Gasteiger partial charge in [-0.2, -0.15) is 17.6 Å². The minimum Gasteiger partial charge on any atom is -0.469 e. The Hall–Kier alpha value is -1.80. The molecule has 1 aromatic rings. The van der Waals surface area contributed by atoms with Crippen molar-refractivity contribution in [3.8, 4) is 0 Å². The van der Waals surface area contributed by atoms with E-state index < -0.39 is 47.6 Å². The van der Waals surface area contributed by atoms with Crippen molar-refractivity contribution in [1.29, 1.82) is 0 Å². The van der Waals surface area contributed by atoms with E-state index in [4.69, 9.17) is 0 Å². The highest BCUT2D eigenvalue weighted by Crippen LogP contribution is 2.39. The van der Waals surface area contributed by atoms with Crippen molar-refractivity contribution in [2.24, 2.45) is 0 Å². The molecule has 0 atom stereocenters. The van der Waals surface area contributed by atoms with E-state index in [1.54, 1.807) is 0 Å². The average Bonchev–Trinajstić information content (AvgIpc) is 2.28. The van der Waals surface area contributed by atoms with Crippen molar-refractivity contribution < 1.29 is 35.9 Å². The van der Waals surface area contributed by atoms with Crippen LogP contribution >= 0.6 is 0 Å². The molecule has 1 aromatic heterocycles. The first kappa shape index (κ1) is 15.3. The first-order valence-corrected chi connectivity index (χ1v) is 4.78. The van der Waals surface area contributed by atoms with Gasteiger partial charge in [0.15, 0.2) is 0 Å². The lowest BCUT2D eigenvalue weighted by Gasteiger charge is -2.15. The Bertz CT molecular complexity index is 486. The van der Waals surface area contributed by atoms with E-state index in [2.05, 4.69) is 9.72 Å². The van der Waals surface area contributed by atoms with Crippen LogP contribution in [0.2, 0.25) is 0 Å². The topological polar surface area (TPSA) is 39.2 Å². The first-order valence-electron chi connectivity index (χ1n) is 4.78. The Kier molecular flexibility index (Phi) is 4.38. The lowest BCUT2D eigenvalue weighted by atomic mass is 10.0. The molecule has 0 amide bonds. The average molecular weight is 287 g/mol. The lowest BCUT2D eigenvalue weighted by molar-refractivity contribution is -0.143. The van der Waals surface area contributed by atoms with Crippen LogP contribution in [0.5, 0.6) is 0 Å². The van der Waals surface area contributed by atoms with Crippen LogP contribution in [0.3, 0.4) is 0 Å². The maximum Gasteiger partial charge on any atom is 0.421 e. The monoisotopic (exact) mass is 287 g/mol. The predicted octanol–water partition coefficient (Wildman–Crippen LogP) is 2.89. The molecule has 0 aliphatic carbocycles. The second kappa shape index (κ2) is 5.45. The molecular formula is C10H7F6NO2. The Labute approximate surface area is 103 Å². The third-order valence-electron chi connectivity index (χ3n) is 2.22. The zero-order chi connectivity index (χ0) is 14.8. The molecule has 0 saturated carbocycles. The molecule has 0 fully saturated rings. The van der Waals surface area contributed by atoms with Crippen LogP contribution in [0, 0.1) is 5.95 Å². The highest BCUT2D eigenvalue weighted by Gasteiger charge is 2.41. The maximum absolute atomic E-state index is 13.0. The number of esters is 1. The maximum atomic E-state index is 13.0. The van der Waals surface area contributed by atoms with Crippen LogP contribution in [-0.2, 0) is 22.1 Å². The molecule has 19 heavy (non-hydrogen) atoms. The van der Waals surface area contributed by atoms with Gasteiger partial charge in [0.05, 0.1) is 13.5 Å². The van der Waals surface area contributed by atoms with Gasteiger partial charge in [-0.3, -0.25) is 4.79 Å². The number of alkyl halides is 5. The van der Waals surface area contributed by atoms with Crippen LogP contribution in [0.1, 0.15) is 23.1 Å². The lowest BCUT2D eigenvalue weighted by Crippen LogP contribution is -2.18. The van der Waals surface area contributed by atoms with E-state index in [1.165, 1.54) is 0 Å². The summed E-state index contributed by atoms with van der Waals surface area (Å²) in [5.41, 5.74) is -4.48. The summed E-state index contributed by atoms with van der Waals surface area (Å²) in [6, 6.07) is 0. The zero-order valence-corrected chi connectivity index (χ0v) is 9.39. The number of aromatic nitrogens is 1. The van der Waals surface area contributed by atoms with Crippen molar-refractivity contribution in [2.75, 3.05) is 7.11 Å². The van der Waals surface area contributed by atoms with Gasteiger partial charge in [-0.15, -0.1) is 0 Å². The van der Waals surface area contributed by atoms with Crippen molar-refractivity contribution in [3.63, 3.8) is 0 Å². The first-order chi connectivity index (χ1) is 8.68. The summed E-state index contributed by atoms with van der Waals surface area (Å²) in [7, 11) is 0.937. The van der Waals surface area contributed by atoms with Crippen molar-refractivity contribution >= 4 is 5.97 Å². The number of pyridine rings is 1. The van der Waals surface area contributed by atoms with E-state index in [0.717, 1.165) is 7.11 Å². The second-order valence-electron chi connectivity index (χ2n) is 3.41. The van der Waals surface area contributed by atoms with Gasteiger partial charge in [0.25, 0.3) is 6.43 Å². The van der Waals surface area contributed by atoms with Crippen LogP contribution in [-0.4, -0.2) is 18.1 Å². The molecular weight excluding hydrogens is 280 g/mol. The molecule has 1 heterocycles. The fourth-order valence-corrected chi connectivity index (χ4v) is 1.43. The quantitative estimate of drug-likeness (QED) is 0.487. The van der Waals surface area contributed by atoms with E-state index in [0.29, 0.717) is 6.20 Å². The number of nitrogens with zero attached hydrogens (tertiary/aromatic N) is 1. The Morgan fingerprint density at radius 1 is 1.42 bits per heavy atom. The summed E-state index contributed by atoms with van der Waals surface area (Å²) in [6.45, 7) is 0. The molecule has 9 heteroatoms. The number of carbonyl (C=O) groups is 1. The summed E-state index contributed by atoms with van der Waals surface area (Å²) in [6.07, 6.45) is -9.33. The predicted molar refractivity (Wildman–Crippen MR) is 49.9 cm³/mol. The van der Waals surface area contributed by atoms with E-state index in [-0.39, 0.29) is 0 Å². The molecule has 106 valence electrons. The fraction of sp³-hybridized carbons (Fsp3) is 0.400. The molecule has 1 rings (SSSR count). The second-order valence-corrected chi connectivity index (χ2v) is 3.41.